The lowest BCUT2D eigenvalue weighted by Gasteiger charge is -1.97. The second kappa shape index (κ2) is 3.79. The van der Waals surface area contributed by atoms with Gasteiger partial charge >= 0.3 is 11.4 Å². The van der Waals surface area contributed by atoms with Gasteiger partial charge in [-0.25, -0.2) is 0 Å². The first-order valence-electron chi connectivity index (χ1n) is 2.32. The Balaban J connectivity index is 4.30. The first kappa shape index (κ1) is 12.0. The number of hydrogen-bond donors (Lipinski definition) is 0. The lowest BCUT2D eigenvalue weighted by molar-refractivity contribution is 0.442. The van der Waals surface area contributed by atoms with Crippen molar-refractivity contribution < 1.29 is 28.3 Å². The van der Waals surface area contributed by atoms with Crippen molar-refractivity contribution in [1.82, 2.24) is 0 Å². The molecule has 0 heterocycles. The molecule has 0 amide bonds. The Hall–Kier alpha value is -0.0300. The van der Waals surface area contributed by atoms with E-state index < -0.39 is 31.6 Å². The van der Waals surface area contributed by atoms with E-state index in [4.69, 9.17) is 0 Å². The Morgan fingerprint density at radius 1 is 0.917 bits per heavy atom. The summed E-state index contributed by atoms with van der Waals surface area (Å²) >= 11 is -2.83. The third kappa shape index (κ3) is 8.07. The highest BCUT2D eigenvalue weighted by Gasteiger charge is 2.15. The van der Waals surface area contributed by atoms with Crippen LogP contribution in [0.5, 0.6) is 0 Å². The van der Waals surface area contributed by atoms with E-state index >= 15 is 0 Å². The summed E-state index contributed by atoms with van der Waals surface area (Å²) in [4.78, 5) is 0. The second-order valence-corrected chi connectivity index (χ2v) is 6.06. The van der Waals surface area contributed by atoms with Crippen LogP contribution in [0.2, 0.25) is 0 Å². The molecule has 0 aliphatic heterocycles. The van der Waals surface area contributed by atoms with E-state index in [0.717, 1.165) is 0 Å². The number of hydrogen-bond acceptors (Lipinski definition) is 7. The van der Waals surface area contributed by atoms with E-state index in [2.05, 4.69) is 7.26 Å². The molecule has 0 aromatic carbocycles. The summed E-state index contributed by atoms with van der Waals surface area (Å²) < 4.78 is 58.6. The minimum absolute atomic E-state index is 0.608. The molecule has 0 unspecified atom stereocenters. The van der Waals surface area contributed by atoms with E-state index in [1.165, 1.54) is 0 Å². The van der Waals surface area contributed by atoms with Gasteiger partial charge in [0, 0.05) is 0 Å². The van der Waals surface area contributed by atoms with Crippen LogP contribution in [0.3, 0.4) is 0 Å². The van der Waals surface area contributed by atoms with Gasteiger partial charge in [0.1, 0.15) is 0 Å². The molecule has 0 fully saturated rings. The first-order chi connectivity index (χ1) is 5.10. The van der Waals surface area contributed by atoms with E-state index in [0.29, 0.717) is 12.5 Å². The summed E-state index contributed by atoms with van der Waals surface area (Å²) in [6.45, 7) is 0. The van der Waals surface area contributed by atoms with Crippen molar-refractivity contribution >= 4 is 31.6 Å². The molecule has 0 aliphatic rings. The predicted octanol–water partition coefficient (Wildman–Crippen LogP) is -1.48. The van der Waals surface area contributed by atoms with Crippen LogP contribution in [0.1, 0.15) is 0 Å². The van der Waals surface area contributed by atoms with Crippen molar-refractivity contribution in [3.8, 4) is 0 Å². The second-order valence-electron chi connectivity index (χ2n) is 1.75. The van der Waals surface area contributed by atoms with Crippen LogP contribution >= 0.6 is 0 Å². The van der Waals surface area contributed by atoms with Crippen LogP contribution in [0, 0.1) is 0 Å². The zero-order valence-corrected chi connectivity index (χ0v) is 8.53. The van der Waals surface area contributed by atoms with Crippen molar-refractivity contribution in [3.05, 3.63) is 0 Å². The van der Waals surface area contributed by atoms with Gasteiger partial charge in [-0.1, -0.05) is 0 Å². The third-order valence-corrected chi connectivity index (χ3v) is 3.22. The molecule has 12 heavy (non-hydrogen) atoms. The Morgan fingerprint density at radius 2 is 1.17 bits per heavy atom. The van der Waals surface area contributed by atoms with E-state index in [1.807, 2.05) is 0 Å². The molecule has 7 nitrogen and oxygen atoms in total. The fraction of sp³-hybridized carbons (Fsp3) is 1.00. The zero-order chi connectivity index (χ0) is 9.99. The van der Waals surface area contributed by atoms with Crippen LogP contribution in [-0.4, -0.2) is 33.6 Å². The van der Waals surface area contributed by atoms with Gasteiger partial charge in [-0.05, 0) is 0 Å². The normalized spacial score (nSPS) is 13.6. The summed E-state index contributed by atoms with van der Waals surface area (Å²) in [6, 6.07) is 0. The Kier molecular flexibility index (Phi) is 3.78. The minimum atomic E-state index is -3.99. The monoisotopic (exact) mass is 238 g/mol. The fourth-order valence-electron chi connectivity index (χ4n) is 0.213. The van der Waals surface area contributed by atoms with Gasteiger partial charge in [-0.15, -0.1) is 7.26 Å². The van der Waals surface area contributed by atoms with E-state index in [-0.39, 0.29) is 0 Å². The van der Waals surface area contributed by atoms with Crippen LogP contribution in [0.15, 0.2) is 0 Å². The summed E-state index contributed by atoms with van der Waals surface area (Å²) in [5.74, 6) is 0. The predicted molar refractivity (Wildman–Crippen MR) is 40.0 cm³/mol. The standard InChI is InChI=1S/C2H6O7S3/c1-11(4,5)8-10(3)9-12(2,6)7/h1-2H3. The van der Waals surface area contributed by atoms with Crippen LogP contribution in [0.4, 0.5) is 0 Å². The van der Waals surface area contributed by atoms with Gasteiger partial charge in [-0.3, -0.25) is 0 Å². The van der Waals surface area contributed by atoms with Crippen LogP contribution in [0.25, 0.3) is 0 Å². The molecule has 0 saturated heterocycles. The van der Waals surface area contributed by atoms with Gasteiger partial charge in [0.25, 0.3) is 20.2 Å². The molecule has 0 atom stereocenters. The maximum atomic E-state index is 10.4. The summed E-state index contributed by atoms with van der Waals surface area (Å²) in [7, 11) is -7.97. The lowest BCUT2D eigenvalue weighted by atomic mass is 12.0. The Morgan fingerprint density at radius 3 is 1.33 bits per heavy atom. The van der Waals surface area contributed by atoms with Crippen molar-refractivity contribution in [2.24, 2.45) is 0 Å². The average Bonchev–Trinajstić information content (AvgIpc) is 1.49. The molecule has 0 N–H and O–H groups in total. The molecular weight excluding hydrogens is 232 g/mol. The molecule has 0 aromatic rings. The molecular formula is C2H6O7S3. The Bertz CT molecular complexity index is 323. The third-order valence-electron chi connectivity index (χ3n) is 0.358. The largest absolute Gasteiger partial charge is 0.336 e. The van der Waals surface area contributed by atoms with Crippen molar-refractivity contribution in [2.45, 2.75) is 0 Å². The van der Waals surface area contributed by atoms with Gasteiger partial charge in [0.2, 0.25) is 0 Å². The fourth-order valence-corrected chi connectivity index (χ4v) is 2.12. The van der Waals surface area contributed by atoms with Gasteiger partial charge < -0.3 is 0 Å². The van der Waals surface area contributed by atoms with E-state index in [9.17, 15) is 21.0 Å². The SMILES string of the molecule is CS(=O)(=O)OS(=O)OS(C)(=O)=O. The molecule has 0 radical (unpaired) electrons. The lowest BCUT2D eigenvalue weighted by Crippen LogP contribution is -2.12. The molecule has 0 aliphatic carbocycles. The highest BCUT2D eigenvalue weighted by Crippen LogP contribution is 1.99. The van der Waals surface area contributed by atoms with Crippen molar-refractivity contribution in [3.63, 3.8) is 0 Å². The van der Waals surface area contributed by atoms with Crippen molar-refractivity contribution in [2.75, 3.05) is 12.5 Å². The molecule has 74 valence electrons. The topological polar surface area (TPSA) is 104 Å². The van der Waals surface area contributed by atoms with Crippen LogP contribution < -0.4 is 0 Å². The molecule has 10 heteroatoms. The van der Waals surface area contributed by atoms with E-state index in [1.54, 1.807) is 0 Å². The molecule has 0 saturated carbocycles. The molecule has 0 rings (SSSR count). The molecule has 0 spiro atoms. The summed E-state index contributed by atoms with van der Waals surface area (Å²) in [6.07, 6.45) is 1.22. The zero-order valence-electron chi connectivity index (χ0n) is 6.08. The van der Waals surface area contributed by atoms with Gasteiger partial charge in [-0.2, -0.15) is 21.0 Å². The summed E-state index contributed by atoms with van der Waals surface area (Å²) in [5.41, 5.74) is 0. The maximum absolute atomic E-state index is 10.4. The maximum Gasteiger partial charge on any atom is 0.336 e. The highest BCUT2D eigenvalue weighted by molar-refractivity contribution is 8.00. The molecule has 0 aromatic heterocycles. The first-order valence-corrected chi connectivity index (χ1v) is 6.95. The highest BCUT2D eigenvalue weighted by atomic mass is 32.3. The summed E-state index contributed by atoms with van der Waals surface area (Å²) in [5, 5.41) is 0. The van der Waals surface area contributed by atoms with Crippen LogP contribution in [-0.2, 0) is 38.9 Å². The number of rotatable bonds is 4. The van der Waals surface area contributed by atoms with Gasteiger partial charge in [0.05, 0.1) is 12.5 Å². The quantitative estimate of drug-likeness (QED) is 0.588. The molecule has 0 bridgehead atoms. The average molecular weight is 238 g/mol. The minimum Gasteiger partial charge on any atom is -0.199 e. The van der Waals surface area contributed by atoms with Gasteiger partial charge in [0.15, 0.2) is 0 Å². The Labute approximate surface area is 72.8 Å². The van der Waals surface area contributed by atoms with Crippen molar-refractivity contribution in [1.29, 1.82) is 0 Å². The smallest absolute Gasteiger partial charge is 0.199 e.